The van der Waals surface area contributed by atoms with E-state index in [-0.39, 0.29) is 11.3 Å². The molecule has 0 spiro atoms. The second kappa shape index (κ2) is 4.17. The van der Waals surface area contributed by atoms with Crippen molar-refractivity contribution in [2.75, 3.05) is 13.1 Å². The van der Waals surface area contributed by atoms with Gasteiger partial charge in [0.2, 0.25) is 0 Å². The number of aryl methyl sites for hydroxylation is 1. The van der Waals surface area contributed by atoms with Crippen LogP contribution in [0.1, 0.15) is 48.7 Å². The highest BCUT2D eigenvalue weighted by Crippen LogP contribution is 2.25. The van der Waals surface area contributed by atoms with E-state index in [0.29, 0.717) is 0 Å². The highest BCUT2D eigenvalue weighted by atomic mass is 16.2. The van der Waals surface area contributed by atoms with Crippen LogP contribution in [0.2, 0.25) is 0 Å². The lowest BCUT2D eigenvalue weighted by Crippen LogP contribution is -2.42. The number of benzene rings is 1. The first kappa shape index (κ1) is 12.2. The molecule has 0 unspecified atom stereocenters. The van der Waals surface area contributed by atoms with E-state index in [1.54, 1.807) is 0 Å². The number of carbonyl (C=O) groups excluding carboxylic acids is 1. The quantitative estimate of drug-likeness (QED) is 0.727. The lowest BCUT2D eigenvalue weighted by Gasteiger charge is -2.31. The van der Waals surface area contributed by atoms with E-state index < -0.39 is 0 Å². The third kappa shape index (κ3) is 2.36. The first-order chi connectivity index (χ1) is 7.89. The highest BCUT2D eigenvalue weighted by Gasteiger charge is 2.23. The van der Waals surface area contributed by atoms with E-state index >= 15 is 0 Å². The first-order valence-electron chi connectivity index (χ1n) is 6.30. The molecule has 2 heteroatoms. The van der Waals surface area contributed by atoms with Gasteiger partial charge in [0.1, 0.15) is 0 Å². The fourth-order valence-electron chi connectivity index (χ4n) is 2.06. The van der Waals surface area contributed by atoms with Crippen LogP contribution in [0.15, 0.2) is 18.2 Å². The molecule has 1 aliphatic heterocycles. The number of nitrogens with zero attached hydrogens (tertiary/aromatic N) is 1. The van der Waals surface area contributed by atoms with Crippen LogP contribution in [0.5, 0.6) is 0 Å². The van der Waals surface area contributed by atoms with Crippen LogP contribution < -0.4 is 0 Å². The molecule has 0 aliphatic carbocycles. The van der Waals surface area contributed by atoms with Crippen molar-refractivity contribution in [3.63, 3.8) is 0 Å². The fourth-order valence-corrected chi connectivity index (χ4v) is 2.06. The predicted octanol–water partition coefficient (Wildman–Crippen LogP) is 3.14. The molecule has 1 aliphatic rings. The van der Waals surface area contributed by atoms with Gasteiger partial charge in [-0.25, -0.2) is 0 Å². The summed E-state index contributed by atoms with van der Waals surface area (Å²) in [6.07, 6.45) is 1.14. The number of hydrogen-bond acceptors (Lipinski definition) is 1. The van der Waals surface area contributed by atoms with Gasteiger partial charge in [-0.15, -0.1) is 0 Å². The molecule has 2 rings (SSSR count). The Bertz CT molecular complexity index is 439. The predicted molar refractivity (Wildman–Crippen MR) is 70.4 cm³/mol. The molecular weight excluding hydrogens is 210 g/mol. The van der Waals surface area contributed by atoms with Crippen molar-refractivity contribution in [2.45, 2.75) is 39.5 Å². The zero-order chi connectivity index (χ0) is 12.6. The Kier molecular flexibility index (Phi) is 2.98. The Labute approximate surface area is 104 Å². The molecule has 1 amide bonds. The zero-order valence-corrected chi connectivity index (χ0v) is 11.2. The maximum atomic E-state index is 12.1. The molecule has 1 heterocycles. The van der Waals surface area contributed by atoms with Gasteiger partial charge < -0.3 is 4.90 Å². The van der Waals surface area contributed by atoms with Gasteiger partial charge >= 0.3 is 0 Å². The van der Waals surface area contributed by atoms with E-state index in [9.17, 15) is 4.79 Å². The molecule has 0 atom stereocenters. The van der Waals surface area contributed by atoms with E-state index in [0.717, 1.165) is 30.6 Å². The highest BCUT2D eigenvalue weighted by molar-refractivity contribution is 5.96. The summed E-state index contributed by atoms with van der Waals surface area (Å²) in [5.41, 5.74) is 3.38. The van der Waals surface area contributed by atoms with Gasteiger partial charge in [-0.2, -0.15) is 0 Å². The largest absolute Gasteiger partial charge is 0.339 e. The Hall–Kier alpha value is -1.31. The van der Waals surface area contributed by atoms with Crippen molar-refractivity contribution in [3.05, 3.63) is 34.9 Å². The van der Waals surface area contributed by atoms with Gasteiger partial charge in [0.25, 0.3) is 5.91 Å². The van der Waals surface area contributed by atoms with E-state index in [1.165, 1.54) is 5.56 Å². The van der Waals surface area contributed by atoms with Crippen molar-refractivity contribution >= 4 is 5.91 Å². The minimum atomic E-state index is 0.142. The Morgan fingerprint density at radius 3 is 2.29 bits per heavy atom. The smallest absolute Gasteiger partial charge is 0.254 e. The van der Waals surface area contributed by atoms with Crippen LogP contribution in [0.25, 0.3) is 0 Å². The summed E-state index contributed by atoms with van der Waals surface area (Å²) in [5.74, 6) is 0.189. The van der Waals surface area contributed by atoms with Crippen LogP contribution >= 0.6 is 0 Å². The third-order valence-electron chi connectivity index (χ3n) is 3.47. The van der Waals surface area contributed by atoms with E-state index in [4.69, 9.17) is 0 Å². The number of amides is 1. The first-order valence-corrected chi connectivity index (χ1v) is 6.30. The zero-order valence-electron chi connectivity index (χ0n) is 11.2. The molecule has 17 heavy (non-hydrogen) atoms. The minimum absolute atomic E-state index is 0.142. The Morgan fingerprint density at radius 1 is 1.24 bits per heavy atom. The van der Waals surface area contributed by atoms with Crippen LogP contribution in [0.4, 0.5) is 0 Å². The third-order valence-corrected chi connectivity index (χ3v) is 3.47. The summed E-state index contributed by atoms with van der Waals surface area (Å²) >= 11 is 0. The topological polar surface area (TPSA) is 20.3 Å². The molecule has 0 bridgehead atoms. The molecule has 2 nitrogen and oxygen atoms in total. The van der Waals surface area contributed by atoms with Gasteiger partial charge in [-0.05, 0) is 36.0 Å². The molecule has 1 fully saturated rings. The molecule has 1 aromatic carbocycles. The van der Waals surface area contributed by atoms with Crippen LogP contribution in [-0.2, 0) is 5.41 Å². The number of rotatable bonds is 1. The second-order valence-corrected chi connectivity index (χ2v) is 5.93. The van der Waals surface area contributed by atoms with Gasteiger partial charge in [-0.3, -0.25) is 4.79 Å². The summed E-state index contributed by atoms with van der Waals surface area (Å²) in [6.45, 7) is 10.4. The van der Waals surface area contributed by atoms with Crippen LogP contribution in [0, 0.1) is 6.92 Å². The summed E-state index contributed by atoms with van der Waals surface area (Å²) in [7, 11) is 0. The summed E-state index contributed by atoms with van der Waals surface area (Å²) in [4.78, 5) is 14.1. The van der Waals surface area contributed by atoms with Gasteiger partial charge in [-0.1, -0.05) is 32.9 Å². The van der Waals surface area contributed by atoms with Crippen molar-refractivity contribution in [1.82, 2.24) is 4.90 Å². The van der Waals surface area contributed by atoms with Gasteiger partial charge in [0, 0.05) is 18.7 Å². The molecule has 92 valence electrons. The van der Waals surface area contributed by atoms with E-state index in [1.807, 2.05) is 17.9 Å². The molecule has 0 N–H and O–H groups in total. The molecular formula is C15H21NO. The van der Waals surface area contributed by atoms with Gasteiger partial charge in [0.05, 0.1) is 0 Å². The molecule has 0 radical (unpaired) electrons. The normalized spacial score (nSPS) is 15.6. The number of hydrogen-bond donors (Lipinski definition) is 0. The summed E-state index contributed by atoms with van der Waals surface area (Å²) in [6, 6.07) is 6.21. The van der Waals surface area contributed by atoms with Crippen molar-refractivity contribution in [3.8, 4) is 0 Å². The molecule has 1 aromatic rings. The number of carbonyl (C=O) groups is 1. The Balaban J connectivity index is 2.28. The fraction of sp³-hybridized carbons (Fsp3) is 0.533. The lowest BCUT2D eigenvalue weighted by molar-refractivity contribution is 0.0651. The maximum Gasteiger partial charge on any atom is 0.254 e. The monoisotopic (exact) mass is 231 g/mol. The average Bonchev–Trinajstić information content (AvgIpc) is 2.12. The average molecular weight is 231 g/mol. The summed E-state index contributed by atoms with van der Waals surface area (Å²) < 4.78 is 0. The molecule has 0 saturated carbocycles. The van der Waals surface area contributed by atoms with Crippen molar-refractivity contribution < 1.29 is 4.79 Å². The van der Waals surface area contributed by atoms with Crippen LogP contribution in [0.3, 0.4) is 0 Å². The Morgan fingerprint density at radius 2 is 1.88 bits per heavy atom. The van der Waals surface area contributed by atoms with Crippen molar-refractivity contribution in [1.29, 1.82) is 0 Å². The SMILES string of the molecule is Cc1cc(C(C)(C)C)ccc1C(=O)N1CCC1. The van der Waals surface area contributed by atoms with Crippen molar-refractivity contribution in [2.24, 2.45) is 0 Å². The molecule has 0 aromatic heterocycles. The van der Waals surface area contributed by atoms with Gasteiger partial charge in [0.15, 0.2) is 0 Å². The number of likely N-dealkylation sites (tertiary alicyclic amines) is 1. The van der Waals surface area contributed by atoms with E-state index in [2.05, 4.69) is 32.9 Å². The summed E-state index contributed by atoms with van der Waals surface area (Å²) in [5, 5.41) is 0. The van der Waals surface area contributed by atoms with Crippen LogP contribution in [-0.4, -0.2) is 23.9 Å². The standard InChI is InChI=1S/C15H21NO/c1-11-10-12(15(2,3)4)6-7-13(11)14(17)16-8-5-9-16/h6-7,10H,5,8-9H2,1-4H3. The second-order valence-electron chi connectivity index (χ2n) is 5.93. The minimum Gasteiger partial charge on any atom is -0.339 e. The molecule has 1 saturated heterocycles. The maximum absolute atomic E-state index is 12.1. The lowest BCUT2D eigenvalue weighted by atomic mass is 9.85.